The van der Waals surface area contributed by atoms with Crippen LogP contribution in [0.5, 0.6) is 0 Å². The SMILES string of the molecule is CC(=O)NC1C(OCCCN=[N+]=[N-])OC(CO)C(OC2OC(CO)C(O)C(O)C2O)C1O. The number of nitrogens with zero attached hydrogens (tertiary/aromatic N) is 3. The van der Waals surface area contributed by atoms with Gasteiger partial charge in [0.2, 0.25) is 5.91 Å². The molecule has 2 rings (SSSR count). The van der Waals surface area contributed by atoms with Crippen molar-refractivity contribution in [3.05, 3.63) is 10.4 Å². The highest BCUT2D eigenvalue weighted by Crippen LogP contribution is 2.29. The molecule has 0 aromatic heterocycles. The molecule has 15 heteroatoms. The van der Waals surface area contributed by atoms with E-state index in [-0.39, 0.29) is 13.2 Å². The van der Waals surface area contributed by atoms with Crippen LogP contribution in [0.4, 0.5) is 0 Å². The molecule has 15 nitrogen and oxygen atoms in total. The Morgan fingerprint density at radius 2 is 1.69 bits per heavy atom. The fraction of sp³-hybridized carbons (Fsp3) is 0.941. The standard InChI is InChI=1S/C17H30N4O11/c1-7(24)20-10-12(26)15(9(6-23)31-16(10)29-4-2-3-19-21-18)32-17-14(28)13(27)11(25)8(5-22)30-17/h8-17,22-23,25-28H,2-6H2,1H3,(H,20,24). The predicted molar refractivity (Wildman–Crippen MR) is 103 cm³/mol. The van der Waals surface area contributed by atoms with E-state index >= 15 is 0 Å². The zero-order chi connectivity index (χ0) is 23.8. The van der Waals surface area contributed by atoms with E-state index in [1.54, 1.807) is 0 Å². The van der Waals surface area contributed by atoms with Crippen molar-refractivity contribution in [1.29, 1.82) is 0 Å². The molecule has 2 saturated heterocycles. The van der Waals surface area contributed by atoms with E-state index in [9.17, 15) is 35.4 Å². The topological polar surface area (TPSA) is 236 Å². The van der Waals surface area contributed by atoms with Crippen molar-refractivity contribution >= 4 is 5.91 Å². The molecule has 0 aliphatic carbocycles. The maximum atomic E-state index is 11.6. The molecule has 0 bridgehead atoms. The molecule has 10 atom stereocenters. The Labute approximate surface area is 183 Å². The average molecular weight is 466 g/mol. The first-order valence-corrected chi connectivity index (χ1v) is 10.0. The lowest BCUT2D eigenvalue weighted by molar-refractivity contribution is -0.348. The van der Waals surface area contributed by atoms with Crippen molar-refractivity contribution in [2.24, 2.45) is 5.11 Å². The Morgan fingerprint density at radius 3 is 2.28 bits per heavy atom. The maximum absolute atomic E-state index is 11.6. The van der Waals surface area contributed by atoms with Crippen LogP contribution >= 0.6 is 0 Å². The number of hydrogen-bond donors (Lipinski definition) is 7. The Kier molecular flexibility index (Phi) is 10.5. The number of carbonyl (C=O) groups is 1. The molecule has 10 unspecified atom stereocenters. The Hall–Kier alpha value is -1.62. The fourth-order valence-corrected chi connectivity index (χ4v) is 3.48. The van der Waals surface area contributed by atoms with Gasteiger partial charge in [0.05, 0.1) is 13.2 Å². The van der Waals surface area contributed by atoms with Gasteiger partial charge in [0, 0.05) is 25.0 Å². The molecule has 1 amide bonds. The number of aliphatic hydroxyl groups excluding tert-OH is 6. The molecule has 2 heterocycles. The van der Waals surface area contributed by atoms with Crippen LogP contribution in [0.15, 0.2) is 5.11 Å². The second-order valence-electron chi connectivity index (χ2n) is 7.42. The van der Waals surface area contributed by atoms with E-state index < -0.39 is 80.5 Å². The highest BCUT2D eigenvalue weighted by molar-refractivity contribution is 5.73. The summed E-state index contributed by atoms with van der Waals surface area (Å²) < 4.78 is 22.0. The van der Waals surface area contributed by atoms with Gasteiger partial charge in [-0.1, -0.05) is 5.11 Å². The first-order chi connectivity index (χ1) is 15.2. The molecule has 2 fully saturated rings. The molecular weight excluding hydrogens is 436 g/mol. The zero-order valence-electron chi connectivity index (χ0n) is 17.4. The third-order valence-electron chi connectivity index (χ3n) is 5.11. The molecule has 0 aromatic carbocycles. The molecule has 0 aromatic rings. The summed E-state index contributed by atoms with van der Waals surface area (Å²) in [5, 5.41) is 65.8. The summed E-state index contributed by atoms with van der Waals surface area (Å²) in [6.45, 7) is 0.0888. The van der Waals surface area contributed by atoms with Gasteiger partial charge in [0.15, 0.2) is 12.6 Å². The number of hydrogen-bond acceptors (Lipinski definition) is 12. The highest BCUT2D eigenvalue weighted by Gasteiger charge is 2.51. The van der Waals surface area contributed by atoms with Gasteiger partial charge in [-0.25, -0.2) is 0 Å². The number of aliphatic hydroxyl groups is 6. The van der Waals surface area contributed by atoms with E-state index in [2.05, 4.69) is 15.3 Å². The summed E-state index contributed by atoms with van der Waals surface area (Å²) >= 11 is 0. The van der Waals surface area contributed by atoms with Crippen molar-refractivity contribution in [1.82, 2.24) is 5.32 Å². The second-order valence-corrected chi connectivity index (χ2v) is 7.42. The van der Waals surface area contributed by atoms with Gasteiger partial charge >= 0.3 is 0 Å². The Morgan fingerprint density at radius 1 is 1.03 bits per heavy atom. The number of ether oxygens (including phenoxy) is 4. The van der Waals surface area contributed by atoms with Gasteiger partial charge in [-0.05, 0) is 12.0 Å². The summed E-state index contributed by atoms with van der Waals surface area (Å²) in [5.41, 5.74) is 8.30. The van der Waals surface area contributed by atoms with Gasteiger partial charge in [0.1, 0.15) is 48.8 Å². The number of rotatable bonds is 10. The minimum Gasteiger partial charge on any atom is -0.394 e. The van der Waals surface area contributed by atoms with Crippen molar-refractivity contribution in [3.8, 4) is 0 Å². The van der Waals surface area contributed by atoms with Crippen LogP contribution in [0.1, 0.15) is 13.3 Å². The molecule has 2 aliphatic rings. The minimum atomic E-state index is -1.74. The zero-order valence-corrected chi connectivity index (χ0v) is 17.4. The molecule has 2 aliphatic heterocycles. The molecule has 0 saturated carbocycles. The van der Waals surface area contributed by atoms with E-state index in [1.165, 1.54) is 6.92 Å². The lowest BCUT2D eigenvalue weighted by atomic mass is 9.95. The number of nitrogens with one attached hydrogen (secondary N) is 1. The van der Waals surface area contributed by atoms with E-state index in [0.29, 0.717) is 6.42 Å². The van der Waals surface area contributed by atoms with Gasteiger partial charge in [-0.2, -0.15) is 0 Å². The van der Waals surface area contributed by atoms with Crippen molar-refractivity contribution in [2.75, 3.05) is 26.4 Å². The van der Waals surface area contributed by atoms with Crippen LogP contribution < -0.4 is 5.32 Å². The van der Waals surface area contributed by atoms with Gasteiger partial charge in [-0.3, -0.25) is 4.79 Å². The maximum Gasteiger partial charge on any atom is 0.217 e. The average Bonchev–Trinajstić information content (AvgIpc) is 2.77. The van der Waals surface area contributed by atoms with Crippen LogP contribution in [0.2, 0.25) is 0 Å². The molecule has 184 valence electrons. The quantitative estimate of drug-likeness (QED) is 0.0720. The summed E-state index contributed by atoms with van der Waals surface area (Å²) in [7, 11) is 0. The number of amides is 1. The van der Waals surface area contributed by atoms with Crippen molar-refractivity contribution in [3.63, 3.8) is 0 Å². The largest absolute Gasteiger partial charge is 0.394 e. The van der Waals surface area contributed by atoms with E-state index in [0.717, 1.165) is 0 Å². The normalized spacial score (nSPS) is 39.8. The molecular formula is C17H30N4O11. The Balaban J connectivity index is 2.14. The van der Waals surface area contributed by atoms with Gasteiger partial charge in [0.25, 0.3) is 0 Å². The van der Waals surface area contributed by atoms with Crippen LogP contribution in [0.25, 0.3) is 10.4 Å². The minimum absolute atomic E-state index is 0.0584. The van der Waals surface area contributed by atoms with E-state index in [1.807, 2.05) is 0 Å². The first-order valence-electron chi connectivity index (χ1n) is 10.0. The first kappa shape index (κ1) is 26.6. The summed E-state index contributed by atoms with van der Waals surface area (Å²) in [4.78, 5) is 14.3. The fourth-order valence-electron chi connectivity index (χ4n) is 3.48. The number of azide groups is 1. The summed E-state index contributed by atoms with van der Waals surface area (Å²) in [6, 6.07) is -1.15. The third-order valence-corrected chi connectivity index (χ3v) is 5.11. The van der Waals surface area contributed by atoms with E-state index in [4.69, 9.17) is 24.5 Å². The monoisotopic (exact) mass is 466 g/mol. The van der Waals surface area contributed by atoms with Crippen LogP contribution in [-0.2, 0) is 23.7 Å². The van der Waals surface area contributed by atoms with Crippen LogP contribution in [-0.4, -0.2) is 124 Å². The predicted octanol–water partition coefficient (Wildman–Crippen LogP) is -3.53. The van der Waals surface area contributed by atoms with Crippen molar-refractivity contribution in [2.45, 2.75) is 74.7 Å². The summed E-state index contributed by atoms with van der Waals surface area (Å²) in [6.07, 6.45) is -12.8. The third kappa shape index (κ3) is 6.46. The molecule has 0 spiro atoms. The lowest BCUT2D eigenvalue weighted by Gasteiger charge is -2.47. The lowest BCUT2D eigenvalue weighted by Crippen LogP contribution is -2.67. The number of carbonyl (C=O) groups excluding carboxylic acids is 1. The van der Waals surface area contributed by atoms with Gasteiger partial charge < -0.3 is 54.9 Å². The van der Waals surface area contributed by atoms with Crippen molar-refractivity contribution < 1.29 is 54.4 Å². The molecule has 7 N–H and O–H groups in total. The van der Waals surface area contributed by atoms with Crippen LogP contribution in [0.3, 0.4) is 0 Å². The summed E-state index contributed by atoms with van der Waals surface area (Å²) in [5.74, 6) is -0.519. The van der Waals surface area contributed by atoms with Gasteiger partial charge in [-0.15, -0.1) is 0 Å². The molecule has 32 heavy (non-hydrogen) atoms. The smallest absolute Gasteiger partial charge is 0.217 e. The van der Waals surface area contributed by atoms with Crippen LogP contribution in [0, 0.1) is 0 Å². The second kappa shape index (κ2) is 12.6. The molecule has 0 radical (unpaired) electrons. The Bertz CT molecular complexity index is 650. The highest BCUT2D eigenvalue weighted by atomic mass is 16.7.